The molecule has 0 aliphatic carbocycles. The third-order valence-corrected chi connectivity index (χ3v) is 3.29. The summed E-state index contributed by atoms with van der Waals surface area (Å²) in [5.41, 5.74) is 3.20. The molecule has 0 aliphatic heterocycles. The lowest BCUT2D eigenvalue weighted by molar-refractivity contribution is 0.796. The molecule has 2 aromatic carbocycles. The number of halogens is 1. The Morgan fingerprint density at radius 1 is 1.11 bits per heavy atom. The van der Waals surface area contributed by atoms with E-state index in [1.165, 1.54) is 0 Å². The van der Waals surface area contributed by atoms with Crippen molar-refractivity contribution in [2.45, 2.75) is 13.5 Å². The number of rotatable bonds is 2. The summed E-state index contributed by atoms with van der Waals surface area (Å²) >= 11 is 6.02. The van der Waals surface area contributed by atoms with Gasteiger partial charge in [0.1, 0.15) is 5.82 Å². The van der Waals surface area contributed by atoms with Crippen molar-refractivity contribution in [3.05, 3.63) is 53.6 Å². The molecule has 0 radical (unpaired) electrons. The minimum atomic E-state index is 0.725. The van der Waals surface area contributed by atoms with E-state index in [1.807, 2.05) is 36.4 Å². The predicted octanol–water partition coefficient (Wildman–Crippen LogP) is 4.38. The molecule has 0 bridgehead atoms. The zero-order chi connectivity index (χ0) is 12.5. The van der Waals surface area contributed by atoms with Gasteiger partial charge in [0.25, 0.3) is 0 Å². The monoisotopic (exact) mass is 256 g/mol. The number of hydrogen-bond donors (Lipinski definition) is 0. The van der Waals surface area contributed by atoms with E-state index in [1.54, 1.807) is 0 Å². The Hall–Kier alpha value is -1.80. The first-order valence-corrected chi connectivity index (χ1v) is 6.38. The predicted molar refractivity (Wildman–Crippen MR) is 75.9 cm³/mol. The normalized spacial score (nSPS) is 11.0. The molecule has 0 spiro atoms. The second kappa shape index (κ2) is 4.46. The standard InChI is InChI=1S/C15H13ClN2/c1-2-18-14-9-8-12(16)10-13(14)17-15(18)11-6-4-3-5-7-11/h3-10H,2H2,1H3. The molecule has 0 atom stereocenters. The summed E-state index contributed by atoms with van der Waals surface area (Å²) in [6.45, 7) is 3.02. The fourth-order valence-electron chi connectivity index (χ4n) is 2.23. The van der Waals surface area contributed by atoms with Crippen LogP contribution in [0.2, 0.25) is 5.02 Å². The van der Waals surface area contributed by atoms with Crippen LogP contribution in [0.25, 0.3) is 22.4 Å². The van der Waals surface area contributed by atoms with Crippen LogP contribution >= 0.6 is 11.6 Å². The van der Waals surface area contributed by atoms with E-state index in [4.69, 9.17) is 16.6 Å². The minimum Gasteiger partial charge on any atom is -0.324 e. The molecule has 0 unspecified atom stereocenters. The van der Waals surface area contributed by atoms with Gasteiger partial charge in [0.05, 0.1) is 11.0 Å². The van der Waals surface area contributed by atoms with Crippen LogP contribution in [0.15, 0.2) is 48.5 Å². The molecule has 1 heterocycles. The van der Waals surface area contributed by atoms with Crippen molar-refractivity contribution in [2.75, 3.05) is 0 Å². The van der Waals surface area contributed by atoms with Gasteiger partial charge < -0.3 is 4.57 Å². The maximum Gasteiger partial charge on any atom is 0.141 e. The van der Waals surface area contributed by atoms with Crippen LogP contribution in [0, 0.1) is 0 Å². The Kier molecular flexibility index (Phi) is 2.80. The lowest BCUT2D eigenvalue weighted by Crippen LogP contribution is -1.96. The Morgan fingerprint density at radius 3 is 2.61 bits per heavy atom. The smallest absolute Gasteiger partial charge is 0.141 e. The highest BCUT2D eigenvalue weighted by Crippen LogP contribution is 2.26. The number of hydrogen-bond acceptors (Lipinski definition) is 1. The maximum atomic E-state index is 6.02. The highest BCUT2D eigenvalue weighted by atomic mass is 35.5. The molecule has 0 saturated heterocycles. The summed E-state index contributed by atoms with van der Waals surface area (Å²) in [5, 5.41) is 0.725. The van der Waals surface area contributed by atoms with Crippen LogP contribution in [0.1, 0.15) is 6.92 Å². The van der Waals surface area contributed by atoms with Crippen molar-refractivity contribution in [3.8, 4) is 11.4 Å². The lowest BCUT2D eigenvalue weighted by atomic mass is 10.2. The molecule has 3 rings (SSSR count). The van der Waals surface area contributed by atoms with Crippen molar-refractivity contribution in [3.63, 3.8) is 0 Å². The van der Waals surface area contributed by atoms with Crippen LogP contribution < -0.4 is 0 Å². The molecule has 0 aliphatic rings. The van der Waals surface area contributed by atoms with Gasteiger partial charge in [-0.1, -0.05) is 41.9 Å². The van der Waals surface area contributed by atoms with Crippen LogP contribution in [0.4, 0.5) is 0 Å². The highest BCUT2D eigenvalue weighted by Gasteiger charge is 2.11. The topological polar surface area (TPSA) is 17.8 Å². The van der Waals surface area contributed by atoms with Crippen LogP contribution in [0.3, 0.4) is 0 Å². The molecule has 1 aromatic heterocycles. The summed E-state index contributed by atoms with van der Waals surface area (Å²) in [4.78, 5) is 4.69. The first-order valence-electron chi connectivity index (χ1n) is 6.01. The number of aromatic nitrogens is 2. The van der Waals surface area contributed by atoms with E-state index >= 15 is 0 Å². The fourth-order valence-corrected chi connectivity index (χ4v) is 2.40. The van der Waals surface area contributed by atoms with Gasteiger partial charge in [0.2, 0.25) is 0 Å². The second-order valence-corrected chi connectivity index (χ2v) is 4.62. The Labute approximate surface area is 111 Å². The van der Waals surface area contributed by atoms with Crippen molar-refractivity contribution in [1.29, 1.82) is 0 Å². The van der Waals surface area contributed by atoms with Gasteiger partial charge in [-0.3, -0.25) is 0 Å². The Bertz CT molecular complexity index is 686. The van der Waals surface area contributed by atoms with E-state index in [9.17, 15) is 0 Å². The van der Waals surface area contributed by atoms with Crippen LogP contribution in [-0.2, 0) is 6.54 Å². The first kappa shape index (κ1) is 11.3. The molecule has 0 fully saturated rings. The van der Waals surface area contributed by atoms with E-state index < -0.39 is 0 Å². The number of nitrogens with zero attached hydrogens (tertiary/aromatic N) is 2. The highest BCUT2D eigenvalue weighted by molar-refractivity contribution is 6.31. The summed E-state index contributed by atoms with van der Waals surface area (Å²) in [7, 11) is 0. The quantitative estimate of drug-likeness (QED) is 0.665. The van der Waals surface area contributed by atoms with Crippen LogP contribution in [-0.4, -0.2) is 9.55 Å². The van der Waals surface area contributed by atoms with Gasteiger partial charge in [-0.05, 0) is 25.1 Å². The summed E-state index contributed by atoms with van der Waals surface area (Å²) < 4.78 is 2.21. The minimum absolute atomic E-state index is 0.725. The summed E-state index contributed by atoms with van der Waals surface area (Å²) in [5.74, 6) is 0.996. The average Bonchev–Trinajstić information content (AvgIpc) is 2.77. The van der Waals surface area contributed by atoms with Gasteiger partial charge in [0, 0.05) is 17.1 Å². The number of imidazole rings is 1. The molecule has 0 amide bonds. The van der Waals surface area contributed by atoms with E-state index in [0.717, 1.165) is 34.0 Å². The van der Waals surface area contributed by atoms with Gasteiger partial charge in [-0.15, -0.1) is 0 Å². The average molecular weight is 257 g/mol. The second-order valence-electron chi connectivity index (χ2n) is 4.18. The van der Waals surface area contributed by atoms with Crippen molar-refractivity contribution >= 4 is 22.6 Å². The van der Waals surface area contributed by atoms with E-state index in [2.05, 4.69) is 23.6 Å². The fraction of sp³-hybridized carbons (Fsp3) is 0.133. The molecule has 18 heavy (non-hydrogen) atoms. The van der Waals surface area contributed by atoms with Crippen molar-refractivity contribution in [1.82, 2.24) is 9.55 Å². The van der Waals surface area contributed by atoms with Gasteiger partial charge in [0.15, 0.2) is 0 Å². The number of fused-ring (bicyclic) bond motifs is 1. The molecule has 2 nitrogen and oxygen atoms in total. The SMILES string of the molecule is CCn1c(-c2ccccc2)nc2cc(Cl)ccc21. The molecule has 0 N–H and O–H groups in total. The molecular weight excluding hydrogens is 244 g/mol. The first-order chi connectivity index (χ1) is 8.79. The van der Waals surface area contributed by atoms with Gasteiger partial charge in [-0.2, -0.15) is 0 Å². The number of benzene rings is 2. The van der Waals surface area contributed by atoms with E-state index in [0.29, 0.717) is 0 Å². The number of aryl methyl sites for hydroxylation is 1. The van der Waals surface area contributed by atoms with Gasteiger partial charge in [-0.25, -0.2) is 4.98 Å². The van der Waals surface area contributed by atoms with Crippen molar-refractivity contribution in [2.24, 2.45) is 0 Å². The third-order valence-electron chi connectivity index (χ3n) is 3.06. The third kappa shape index (κ3) is 1.79. The lowest BCUT2D eigenvalue weighted by Gasteiger charge is -2.05. The zero-order valence-electron chi connectivity index (χ0n) is 10.1. The van der Waals surface area contributed by atoms with Crippen LogP contribution in [0.5, 0.6) is 0 Å². The largest absolute Gasteiger partial charge is 0.324 e. The summed E-state index contributed by atoms with van der Waals surface area (Å²) in [6, 6.07) is 16.1. The molecule has 0 saturated carbocycles. The van der Waals surface area contributed by atoms with Gasteiger partial charge >= 0.3 is 0 Å². The molecule has 3 heteroatoms. The molecule has 90 valence electrons. The maximum absolute atomic E-state index is 6.02. The van der Waals surface area contributed by atoms with Crippen molar-refractivity contribution < 1.29 is 0 Å². The molecule has 3 aromatic rings. The Balaban J connectivity index is 2.29. The Morgan fingerprint density at radius 2 is 1.89 bits per heavy atom. The zero-order valence-corrected chi connectivity index (χ0v) is 10.9. The summed E-state index contributed by atoms with van der Waals surface area (Å²) in [6.07, 6.45) is 0. The van der Waals surface area contributed by atoms with E-state index in [-0.39, 0.29) is 0 Å². The molecular formula is C15H13ClN2.